The predicted molar refractivity (Wildman–Crippen MR) is 85.5 cm³/mol. The number of fused-ring (bicyclic) bond motifs is 1. The standard InChI is InChI=1S/C16H19N3Si/c1-20(2,3)16(13-9-5-4-6-10-13)19-15-12-8-7-11-14(15)17-18-19/h4-12,16H,1-3H3/t16-/m0/s1. The van der Waals surface area contributed by atoms with E-state index >= 15 is 0 Å². The Morgan fingerprint density at radius 3 is 2.25 bits per heavy atom. The molecule has 0 saturated carbocycles. The quantitative estimate of drug-likeness (QED) is 0.682. The van der Waals surface area contributed by atoms with Gasteiger partial charge in [-0.2, -0.15) is 0 Å². The second-order valence-electron chi connectivity index (χ2n) is 6.20. The summed E-state index contributed by atoms with van der Waals surface area (Å²) in [6.45, 7) is 7.13. The summed E-state index contributed by atoms with van der Waals surface area (Å²) in [5, 5.41) is 8.75. The van der Waals surface area contributed by atoms with E-state index in [9.17, 15) is 0 Å². The Kier molecular flexibility index (Phi) is 3.18. The van der Waals surface area contributed by atoms with Crippen LogP contribution in [0.25, 0.3) is 11.0 Å². The average Bonchev–Trinajstić information content (AvgIpc) is 2.83. The SMILES string of the molecule is C[Si](C)(C)[C@@H](c1ccccc1)n1nnc2ccccc21. The molecule has 1 aromatic heterocycles. The van der Waals surface area contributed by atoms with Crippen molar-refractivity contribution in [2.24, 2.45) is 0 Å². The first-order valence-corrected chi connectivity index (χ1v) is 10.5. The second kappa shape index (κ2) is 4.87. The van der Waals surface area contributed by atoms with E-state index in [4.69, 9.17) is 0 Å². The first-order valence-electron chi connectivity index (χ1n) is 6.92. The van der Waals surface area contributed by atoms with Gasteiger partial charge in [0.25, 0.3) is 0 Å². The number of benzene rings is 2. The molecule has 0 radical (unpaired) electrons. The van der Waals surface area contributed by atoms with Gasteiger partial charge in [-0.25, -0.2) is 4.68 Å². The highest BCUT2D eigenvalue weighted by Gasteiger charge is 2.31. The summed E-state index contributed by atoms with van der Waals surface area (Å²) in [6, 6.07) is 18.8. The molecule has 2 aromatic carbocycles. The van der Waals surface area contributed by atoms with E-state index in [1.54, 1.807) is 0 Å². The Labute approximate surface area is 120 Å². The fraction of sp³-hybridized carbons (Fsp3) is 0.250. The third kappa shape index (κ3) is 2.27. The van der Waals surface area contributed by atoms with Crippen molar-refractivity contribution in [3.05, 3.63) is 60.2 Å². The van der Waals surface area contributed by atoms with Gasteiger partial charge in [0.05, 0.1) is 19.3 Å². The summed E-state index contributed by atoms with van der Waals surface area (Å²) in [6.07, 6.45) is 0. The van der Waals surface area contributed by atoms with E-state index in [-0.39, 0.29) is 0 Å². The van der Waals surface area contributed by atoms with Crippen molar-refractivity contribution in [3.8, 4) is 0 Å². The summed E-state index contributed by atoms with van der Waals surface area (Å²) < 4.78 is 2.11. The lowest BCUT2D eigenvalue weighted by Gasteiger charge is -2.29. The van der Waals surface area contributed by atoms with Crippen LogP contribution in [0.3, 0.4) is 0 Å². The van der Waals surface area contributed by atoms with Gasteiger partial charge >= 0.3 is 0 Å². The number of hydrogen-bond donors (Lipinski definition) is 0. The molecule has 0 aliphatic heterocycles. The van der Waals surface area contributed by atoms with Gasteiger partial charge in [-0.1, -0.05) is 67.3 Å². The molecule has 3 nitrogen and oxygen atoms in total. The maximum absolute atomic E-state index is 4.44. The zero-order valence-electron chi connectivity index (χ0n) is 12.1. The molecule has 1 atom stereocenters. The first kappa shape index (κ1) is 13.1. The summed E-state index contributed by atoms with van der Waals surface area (Å²) in [5.41, 5.74) is 3.70. The van der Waals surface area contributed by atoms with Crippen molar-refractivity contribution in [2.75, 3.05) is 0 Å². The van der Waals surface area contributed by atoms with Crippen LogP contribution in [0.2, 0.25) is 19.6 Å². The molecule has 0 amide bonds. The smallest absolute Gasteiger partial charge is 0.113 e. The van der Waals surface area contributed by atoms with Crippen molar-refractivity contribution >= 4 is 19.1 Å². The van der Waals surface area contributed by atoms with Gasteiger partial charge in [-0.3, -0.25) is 0 Å². The fourth-order valence-corrected chi connectivity index (χ4v) is 4.84. The summed E-state index contributed by atoms with van der Waals surface area (Å²) in [7, 11) is -1.49. The van der Waals surface area contributed by atoms with Crippen LogP contribution in [0.4, 0.5) is 0 Å². The molecule has 3 aromatic rings. The molecule has 0 aliphatic rings. The molecule has 0 fully saturated rings. The highest BCUT2D eigenvalue weighted by molar-refractivity contribution is 6.77. The van der Waals surface area contributed by atoms with Crippen molar-refractivity contribution in [2.45, 2.75) is 25.3 Å². The molecule has 0 spiro atoms. The van der Waals surface area contributed by atoms with Gasteiger partial charge in [-0.05, 0) is 17.7 Å². The van der Waals surface area contributed by atoms with Crippen LogP contribution in [-0.4, -0.2) is 23.1 Å². The van der Waals surface area contributed by atoms with Gasteiger partial charge in [0.15, 0.2) is 0 Å². The maximum atomic E-state index is 4.44. The normalized spacial score (nSPS) is 13.6. The largest absolute Gasteiger partial charge is 0.240 e. The zero-order chi connectivity index (χ0) is 14.2. The van der Waals surface area contributed by atoms with Crippen molar-refractivity contribution < 1.29 is 0 Å². The first-order chi connectivity index (χ1) is 9.57. The third-order valence-electron chi connectivity index (χ3n) is 3.56. The summed E-state index contributed by atoms with van der Waals surface area (Å²) in [5.74, 6) is 0. The Bertz CT molecular complexity index is 713. The van der Waals surface area contributed by atoms with Crippen LogP contribution in [0, 0.1) is 0 Å². The topological polar surface area (TPSA) is 30.7 Å². The minimum atomic E-state index is -1.49. The molecular weight excluding hydrogens is 262 g/mol. The zero-order valence-corrected chi connectivity index (χ0v) is 13.1. The van der Waals surface area contributed by atoms with E-state index in [0.29, 0.717) is 5.67 Å². The lowest BCUT2D eigenvalue weighted by atomic mass is 10.2. The number of rotatable bonds is 3. The van der Waals surface area contributed by atoms with E-state index in [1.807, 2.05) is 12.1 Å². The van der Waals surface area contributed by atoms with E-state index in [0.717, 1.165) is 11.0 Å². The van der Waals surface area contributed by atoms with E-state index in [1.165, 1.54) is 5.56 Å². The fourth-order valence-electron chi connectivity index (χ4n) is 2.72. The van der Waals surface area contributed by atoms with E-state index < -0.39 is 8.07 Å². The van der Waals surface area contributed by atoms with Crippen molar-refractivity contribution in [1.29, 1.82) is 0 Å². The average molecular weight is 281 g/mol. The molecule has 0 aliphatic carbocycles. The maximum Gasteiger partial charge on any atom is 0.113 e. The van der Waals surface area contributed by atoms with Gasteiger partial charge in [0, 0.05) is 0 Å². The van der Waals surface area contributed by atoms with Crippen LogP contribution < -0.4 is 0 Å². The minimum absolute atomic E-state index is 0.302. The van der Waals surface area contributed by atoms with Gasteiger partial charge in [-0.15, -0.1) is 5.10 Å². The van der Waals surface area contributed by atoms with E-state index in [2.05, 4.69) is 77.1 Å². The Morgan fingerprint density at radius 2 is 1.55 bits per heavy atom. The van der Waals surface area contributed by atoms with Crippen LogP contribution in [-0.2, 0) is 0 Å². The molecular formula is C16H19N3Si. The molecule has 3 rings (SSSR count). The lowest BCUT2D eigenvalue weighted by Crippen LogP contribution is -2.36. The van der Waals surface area contributed by atoms with Gasteiger partial charge < -0.3 is 0 Å². The Morgan fingerprint density at radius 1 is 0.900 bits per heavy atom. The molecule has 0 unspecified atom stereocenters. The Hall–Kier alpha value is -1.94. The van der Waals surface area contributed by atoms with Gasteiger partial charge in [0.2, 0.25) is 0 Å². The molecule has 0 saturated heterocycles. The molecule has 0 N–H and O–H groups in total. The Balaban J connectivity index is 2.20. The van der Waals surface area contributed by atoms with Crippen molar-refractivity contribution in [1.82, 2.24) is 15.0 Å². The summed E-state index contributed by atoms with van der Waals surface area (Å²) >= 11 is 0. The highest BCUT2D eigenvalue weighted by atomic mass is 28.3. The number of para-hydroxylation sites is 1. The lowest BCUT2D eigenvalue weighted by molar-refractivity contribution is 0.629. The monoisotopic (exact) mass is 281 g/mol. The molecule has 1 heterocycles. The number of aromatic nitrogens is 3. The minimum Gasteiger partial charge on any atom is -0.240 e. The van der Waals surface area contributed by atoms with Crippen LogP contribution in [0.5, 0.6) is 0 Å². The van der Waals surface area contributed by atoms with Crippen LogP contribution in [0.15, 0.2) is 54.6 Å². The van der Waals surface area contributed by atoms with Crippen molar-refractivity contribution in [3.63, 3.8) is 0 Å². The second-order valence-corrected chi connectivity index (χ2v) is 11.5. The molecule has 4 heteroatoms. The number of nitrogens with zero attached hydrogens (tertiary/aromatic N) is 3. The molecule has 0 bridgehead atoms. The third-order valence-corrected chi connectivity index (χ3v) is 5.78. The van der Waals surface area contributed by atoms with Crippen LogP contribution >= 0.6 is 0 Å². The molecule has 102 valence electrons. The number of hydrogen-bond acceptors (Lipinski definition) is 2. The predicted octanol–water partition coefficient (Wildman–Crippen LogP) is 3.90. The van der Waals surface area contributed by atoms with Crippen LogP contribution in [0.1, 0.15) is 11.2 Å². The highest BCUT2D eigenvalue weighted by Crippen LogP contribution is 2.30. The summed E-state index contributed by atoms with van der Waals surface area (Å²) in [4.78, 5) is 0. The molecule has 20 heavy (non-hydrogen) atoms. The van der Waals surface area contributed by atoms with Gasteiger partial charge in [0.1, 0.15) is 5.52 Å².